The predicted octanol–water partition coefficient (Wildman–Crippen LogP) is 1.90. The van der Waals surface area contributed by atoms with Gasteiger partial charge in [-0.15, -0.1) is 24.0 Å². The second-order valence-electron chi connectivity index (χ2n) is 5.38. The lowest BCUT2D eigenvalue weighted by atomic mass is 10.2. The number of nitrogens with one attached hydrogen (secondary N) is 1. The number of aliphatic imine (C=N–C) groups is 1. The minimum atomic E-state index is -0.436. The number of hydrogen-bond acceptors (Lipinski definition) is 3. The largest absolute Gasteiger partial charge is 0.460 e. The van der Waals surface area contributed by atoms with Crippen LogP contribution < -0.4 is 11.1 Å². The highest BCUT2D eigenvalue weighted by Gasteiger charge is 2.15. The van der Waals surface area contributed by atoms with Crippen LogP contribution in [0.15, 0.2) is 4.99 Å². The Kier molecular flexibility index (Phi) is 10.3. The van der Waals surface area contributed by atoms with E-state index in [2.05, 4.69) is 24.2 Å². The van der Waals surface area contributed by atoms with Crippen LogP contribution in [0.1, 0.15) is 41.0 Å². The molecule has 0 aliphatic carbocycles. The van der Waals surface area contributed by atoms with E-state index < -0.39 is 5.60 Å². The van der Waals surface area contributed by atoms with Crippen molar-refractivity contribution in [1.82, 2.24) is 5.32 Å². The number of hydrogen-bond donors (Lipinski definition) is 2. The third kappa shape index (κ3) is 13.5. The zero-order chi connectivity index (χ0) is 13.5. The number of nitrogens with zero attached hydrogens (tertiary/aromatic N) is 1. The highest BCUT2D eigenvalue weighted by atomic mass is 127. The molecule has 18 heavy (non-hydrogen) atoms. The number of halogens is 1. The van der Waals surface area contributed by atoms with Gasteiger partial charge < -0.3 is 15.8 Å². The summed E-state index contributed by atoms with van der Waals surface area (Å²) >= 11 is 0. The van der Waals surface area contributed by atoms with E-state index in [9.17, 15) is 4.79 Å². The first kappa shape index (κ1) is 19.8. The monoisotopic (exact) mass is 371 g/mol. The Morgan fingerprint density at radius 1 is 1.39 bits per heavy atom. The molecule has 0 aliphatic heterocycles. The molecule has 3 N–H and O–H groups in total. The Balaban J connectivity index is 0. The van der Waals surface area contributed by atoms with E-state index in [4.69, 9.17) is 10.5 Å². The van der Waals surface area contributed by atoms with Crippen molar-refractivity contribution >= 4 is 35.9 Å². The molecule has 0 heterocycles. The lowest BCUT2D eigenvalue weighted by molar-refractivity contribution is -0.154. The first-order chi connectivity index (χ1) is 7.70. The molecular formula is C12H26IN3O2. The standard InChI is InChI=1S/C12H25N3O2.HI/c1-9(2)8-15-11(13)14-7-6-10(16)17-12(3,4)5;/h9H,6-8H2,1-5H3,(H3,13,14,15);1H. The van der Waals surface area contributed by atoms with Gasteiger partial charge in [-0.1, -0.05) is 13.8 Å². The summed E-state index contributed by atoms with van der Waals surface area (Å²) in [7, 11) is 0. The van der Waals surface area contributed by atoms with E-state index >= 15 is 0 Å². The predicted molar refractivity (Wildman–Crippen MR) is 85.2 cm³/mol. The van der Waals surface area contributed by atoms with Crippen LogP contribution in [-0.4, -0.2) is 30.6 Å². The quantitative estimate of drug-likeness (QED) is 0.335. The van der Waals surface area contributed by atoms with Gasteiger partial charge in [-0.05, 0) is 26.7 Å². The number of guanidine groups is 1. The van der Waals surface area contributed by atoms with Gasteiger partial charge in [0.2, 0.25) is 0 Å². The summed E-state index contributed by atoms with van der Waals surface area (Å²) in [6.45, 7) is 10.8. The van der Waals surface area contributed by atoms with Crippen molar-refractivity contribution in [3.63, 3.8) is 0 Å². The smallest absolute Gasteiger partial charge is 0.308 e. The van der Waals surface area contributed by atoms with Crippen LogP contribution in [0.25, 0.3) is 0 Å². The van der Waals surface area contributed by atoms with Crippen molar-refractivity contribution in [3.8, 4) is 0 Å². The van der Waals surface area contributed by atoms with Gasteiger partial charge in [0.05, 0.1) is 6.42 Å². The molecule has 0 aliphatic rings. The van der Waals surface area contributed by atoms with E-state index in [1.165, 1.54) is 0 Å². The van der Waals surface area contributed by atoms with E-state index in [1.54, 1.807) is 0 Å². The molecule has 0 aromatic heterocycles. The first-order valence-corrected chi connectivity index (χ1v) is 5.96. The van der Waals surface area contributed by atoms with Crippen molar-refractivity contribution in [2.45, 2.75) is 46.6 Å². The Morgan fingerprint density at radius 2 is 1.94 bits per heavy atom. The maximum absolute atomic E-state index is 11.4. The van der Waals surface area contributed by atoms with Gasteiger partial charge in [0.15, 0.2) is 5.96 Å². The number of nitrogens with two attached hydrogens (primary N) is 1. The summed E-state index contributed by atoms with van der Waals surface area (Å²) in [6, 6.07) is 0. The van der Waals surface area contributed by atoms with Crippen LogP contribution in [0.4, 0.5) is 0 Å². The van der Waals surface area contributed by atoms with Crippen molar-refractivity contribution in [3.05, 3.63) is 0 Å². The molecule has 6 heteroatoms. The fourth-order valence-electron chi connectivity index (χ4n) is 1.02. The average molecular weight is 371 g/mol. The molecule has 0 radical (unpaired) electrons. The maximum Gasteiger partial charge on any atom is 0.308 e. The minimum absolute atomic E-state index is 0. The summed E-state index contributed by atoms with van der Waals surface area (Å²) in [4.78, 5) is 15.5. The van der Waals surface area contributed by atoms with Crippen molar-refractivity contribution in [2.75, 3.05) is 13.1 Å². The molecule has 0 spiro atoms. The highest BCUT2D eigenvalue weighted by Crippen LogP contribution is 2.07. The van der Waals surface area contributed by atoms with E-state index in [-0.39, 0.29) is 36.4 Å². The fraction of sp³-hybridized carbons (Fsp3) is 0.833. The van der Waals surface area contributed by atoms with E-state index in [0.717, 1.165) is 0 Å². The normalized spacial score (nSPS) is 12.0. The molecule has 0 amide bonds. The van der Waals surface area contributed by atoms with Gasteiger partial charge in [0.25, 0.3) is 0 Å². The zero-order valence-electron chi connectivity index (χ0n) is 11.9. The highest BCUT2D eigenvalue weighted by molar-refractivity contribution is 14.0. The second-order valence-corrected chi connectivity index (χ2v) is 5.38. The van der Waals surface area contributed by atoms with Crippen molar-refractivity contribution in [1.29, 1.82) is 0 Å². The Labute approximate surface area is 127 Å². The lowest BCUT2D eigenvalue weighted by Crippen LogP contribution is -2.34. The van der Waals surface area contributed by atoms with Crippen molar-refractivity contribution in [2.24, 2.45) is 16.6 Å². The van der Waals surface area contributed by atoms with Gasteiger partial charge in [0.1, 0.15) is 5.60 Å². The summed E-state index contributed by atoms with van der Waals surface area (Å²) in [5, 5.41) is 2.88. The number of carbonyl (C=O) groups is 1. The average Bonchev–Trinajstić information content (AvgIpc) is 2.11. The van der Waals surface area contributed by atoms with Crippen LogP contribution >= 0.6 is 24.0 Å². The molecule has 0 aromatic carbocycles. The summed E-state index contributed by atoms with van der Waals surface area (Å²) in [5.41, 5.74) is 5.19. The van der Waals surface area contributed by atoms with Gasteiger partial charge in [-0.2, -0.15) is 0 Å². The molecule has 0 saturated carbocycles. The van der Waals surface area contributed by atoms with Crippen LogP contribution in [-0.2, 0) is 9.53 Å². The molecule has 0 unspecified atom stereocenters. The molecule has 5 nitrogen and oxygen atoms in total. The van der Waals surface area contributed by atoms with Crippen LogP contribution in [0.2, 0.25) is 0 Å². The van der Waals surface area contributed by atoms with Crippen LogP contribution in [0.5, 0.6) is 0 Å². The molecule has 0 rings (SSSR count). The molecule has 0 bridgehead atoms. The van der Waals surface area contributed by atoms with E-state index in [1.807, 2.05) is 20.8 Å². The number of carbonyl (C=O) groups excluding carboxylic acids is 1. The Morgan fingerprint density at radius 3 is 2.39 bits per heavy atom. The number of rotatable bonds is 5. The number of esters is 1. The Hall–Kier alpha value is -0.530. The van der Waals surface area contributed by atoms with Crippen molar-refractivity contribution < 1.29 is 9.53 Å². The minimum Gasteiger partial charge on any atom is -0.460 e. The molecule has 0 saturated heterocycles. The molecule has 108 valence electrons. The van der Waals surface area contributed by atoms with E-state index in [0.29, 0.717) is 25.0 Å². The summed E-state index contributed by atoms with van der Waals surface area (Å²) < 4.78 is 5.16. The summed E-state index contributed by atoms with van der Waals surface area (Å²) in [5.74, 6) is 0.616. The second kappa shape index (κ2) is 9.41. The fourth-order valence-corrected chi connectivity index (χ4v) is 1.02. The third-order valence-corrected chi connectivity index (χ3v) is 1.68. The maximum atomic E-state index is 11.4. The summed E-state index contributed by atoms with van der Waals surface area (Å²) in [6.07, 6.45) is 0.287. The third-order valence-electron chi connectivity index (χ3n) is 1.68. The lowest BCUT2D eigenvalue weighted by Gasteiger charge is -2.19. The van der Waals surface area contributed by atoms with Crippen LogP contribution in [0.3, 0.4) is 0 Å². The molecule has 0 aromatic rings. The zero-order valence-corrected chi connectivity index (χ0v) is 14.3. The Bertz CT molecular complexity index is 273. The topological polar surface area (TPSA) is 76.7 Å². The van der Waals surface area contributed by atoms with Gasteiger partial charge in [0, 0.05) is 13.1 Å². The first-order valence-electron chi connectivity index (χ1n) is 5.96. The van der Waals surface area contributed by atoms with Crippen LogP contribution in [0, 0.1) is 5.92 Å². The van der Waals surface area contributed by atoms with Gasteiger partial charge >= 0.3 is 5.97 Å². The SMILES string of the molecule is CC(C)CN=C(N)NCCC(=O)OC(C)(C)C.I. The molecule has 0 atom stereocenters. The van der Waals surface area contributed by atoms with Gasteiger partial charge in [-0.25, -0.2) is 0 Å². The molecule has 0 fully saturated rings. The molecular weight excluding hydrogens is 345 g/mol. The van der Waals surface area contributed by atoms with Gasteiger partial charge in [-0.3, -0.25) is 9.79 Å². The number of ether oxygens (including phenoxy) is 1.